The van der Waals surface area contributed by atoms with Crippen molar-refractivity contribution in [2.45, 2.75) is 25.1 Å². The number of methoxy groups -OCH3 is 1. The molecule has 0 saturated heterocycles. The van der Waals surface area contributed by atoms with E-state index in [1.165, 1.54) is 0 Å². The zero-order valence-electron chi connectivity index (χ0n) is 13.7. The first-order chi connectivity index (χ1) is 12.1. The minimum absolute atomic E-state index is 0.0683. The maximum absolute atomic E-state index is 13.3. The summed E-state index contributed by atoms with van der Waals surface area (Å²) in [7, 11) is 1.14. The van der Waals surface area contributed by atoms with Crippen molar-refractivity contribution in [1.82, 2.24) is 10.6 Å². The molecule has 0 heterocycles. The van der Waals surface area contributed by atoms with E-state index in [0.717, 1.165) is 31.4 Å². The van der Waals surface area contributed by atoms with Gasteiger partial charge >= 0.3 is 24.1 Å². The molecule has 1 atom stereocenters. The Bertz CT molecular complexity index is 699. The smallest absolute Gasteiger partial charge is 0.412 e. The van der Waals surface area contributed by atoms with Crippen LogP contribution in [0.25, 0.3) is 0 Å². The van der Waals surface area contributed by atoms with Gasteiger partial charge in [0, 0.05) is 6.54 Å². The molecule has 1 aliphatic carbocycles. The number of rotatable bonds is 6. The lowest BCUT2D eigenvalue weighted by atomic mass is 10.0. The maximum Gasteiger partial charge on any atom is 0.412 e. The van der Waals surface area contributed by atoms with Gasteiger partial charge in [-0.2, -0.15) is 13.2 Å². The van der Waals surface area contributed by atoms with Gasteiger partial charge in [0.1, 0.15) is 0 Å². The molecule has 1 fully saturated rings. The summed E-state index contributed by atoms with van der Waals surface area (Å²) >= 11 is 0. The van der Waals surface area contributed by atoms with E-state index in [1.807, 2.05) is 0 Å². The number of carbonyl (C=O) groups excluding carboxylic acids is 2. The number of esters is 1. The van der Waals surface area contributed by atoms with Crippen LogP contribution in [-0.2, 0) is 9.53 Å². The fourth-order valence-corrected chi connectivity index (χ4v) is 2.33. The summed E-state index contributed by atoms with van der Waals surface area (Å²) in [4.78, 5) is 34.2. The lowest BCUT2D eigenvalue weighted by molar-refractivity contribution is -0.155. The Morgan fingerprint density at radius 3 is 2.23 bits per heavy atom. The molecule has 0 aromatic heterocycles. The van der Waals surface area contributed by atoms with Crippen LogP contribution in [0.1, 0.15) is 34.8 Å². The van der Waals surface area contributed by atoms with Crippen LogP contribution >= 0.6 is 0 Å². The van der Waals surface area contributed by atoms with Crippen LogP contribution in [0.4, 0.5) is 18.0 Å². The second-order valence-electron chi connectivity index (χ2n) is 6.00. The fraction of sp³-hybridized carbons (Fsp3) is 0.438. The predicted molar refractivity (Wildman–Crippen MR) is 82.4 cm³/mol. The van der Waals surface area contributed by atoms with Crippen LogP contribution in [-0.4, -0.2) is 42.9 Å². The highest BCUT2D eigenvalue weighted by Gasteiger charge is 2.50. The Hall–Kier alpha value is -2.78. The predicted octanol–water partition coefficient (Wildman–Crippen LogP) is 2.24. The second-order valence-corrected chi connectivity index (χ2v) is 6.00. The van der Waals surface area contributed by atoms with E-state index in [4.69, 9.17) is 5.11 Å². The van der Waals surface area contributed by atoms with Crippen LogP contribution in [0.5, 0.6) is 0 Å². The van der Waals surface area contributed by atoms with Gasteiger partial charge in [-0.1, -0.05) is 12.1 Å². The van der Waals surface area contributed by atoms with Gasteiger partial charge in [-0.15, -0.1) is 0 Å². The third-order valence-electron chi connectivity index (χ3n) is 4.16. The first kappa shape index (κ1) is 19.5. The monoisotopic (exact) mass is 374 g/mol. The maximum atomic E-state index is 13.3. The molecule has 10 heteroatoms. The van der Waals surface area contributed by atoms with Crippen molar-refractivity contribution in [2.75, 3.05) is 13.7 Å². The van der Waals surface area contributed by atoms with Crippen LogP contribution in [0.15, 0.2) is 24.3 Å². The molecule has 26 heavy (non-hydrogen) atoms. The van der Waals surface area contributed by atoms with Crippen molar-refractivity contribution in [3.63, 3.8) is 0 Å². The van der Waals surface area contributed by atoms with Gasteiger partial charge in [0.05, 0.1) is 18.1 Å². The zero-order chi connectivity index (χ0) is 19.5. The van der Waals surface area contributed by atoms with Crippen LogP contribution in [0.2, 0.25) is 0 Å². The molecule has 1 unspecified atom stereocenters. The minimum atomic E-state index is -4.78. The molecule has 3 N–H and O–H groups in total. The van der Waals surface area contributed by atoms with E-state index in [2.05, 4.69) is 10.1 Å². The Balaban J connectivity index is 2.07. The van der Waals surface area contributed by atoms with Crippen molar-refractivity contribution in [3.8, 4) is 0 Å². The van der Waals surface area contributed by atoms with E-state index in [9.17, 15) is 27.6 Å². The number of carboxylic acids is 1. The topological polar surface area (TPSA) is 105 Å². The number of aliphatic carboxylic acids is 1. The molecule has 0 bridgehead atoms. The van der Waals surface area contributed by atoms with Crippen molar-refractivity contribution in [1.29, 1.82) is 0 Å². The molecule has 1 saturated carbocycles. The number of carbonyl (C=O) groups is 3. The molecule has 1 aliphatic rings. The number of nitrogens with one attached hydrogen (secondary N) is 2. The molecule has 0 radical (unpaired) electrons. The third-order valence-corrected chi connectivity index (χ3v) is 4.16. The van der Waals surface area contributed by atoms with Gasteiger partial charge in [0.2, 0.25) is 0 Å². The molecule has 1 aromatic rings. The van der Waals surface area contributed by atoms with Gasteiger partial charge in [-0.25, -0.2) is 9.59 Å². The number of benzene rings is 1. The number of urea groups is 1. The summed E-state index contributed by atoms with van der Waals surface area (Å²) in [5.41, 5.74) is -1.30. The molecule has 2 rings (SSSR count). The number of halogens is 3. The van der Waals surface area contributed by atoms with Crippen molar-refractivity contribution >= 4 is 18.0 Å². The highest BCUT2D eigenvalue weighted by Crippen LogP contribution is 2.45. The molecule has 1 aromatic carbocycles. The molecular formula is C16H17F3N2O5. The first-order valence-electron chi connectivity index (χ1n) is 7.62. The van der Waals surface area contributed by atoms with Crippen molar-refractivity contribution in [3.05, 3.63) is 35.4 Å². The lowest BCUT2D eigenvalue weighted by Crippen LogP contribution is -2.45. The van der Waals surface area contributed by atoms with E-state index >= 15 is 0 Å². The Morgan fingerprint density at radius 1 is 1.23 bits per heavy atom. The SMILES string of the molecule is COC(=O)c1ccc(C(NC(=O)NCC2(C(=O)O)CC2)C(F)(F)F)cc1. The average Bonchev–Trinajstić information content (AvgIpc) is 3.38. The van der Waals surface area contributed by atoms with Gasteiger partial charge in [0.15, 0.2) is 6.04 Å². The molecule has 0 spiro atoms. The summed E-state index contributed by atoms with van der Waals surface area (Å²) in [6.07, 6.45) is -4.06. The van der Waals surface area contributed by atoms with Crippen molar-refractivity contribution < 1.29 is 37.4 Å². The molecule has 2 amide bonds. The van der Waals surface area contributed by atoms with Gasteiger partial charge in [0.25, 0.3) is 0 Å². The normalized spacial score (nSPS) is 16.3. The van der Waals surface area contributed by atoms with Crippen LogP contribution in [0, 0.1) is 5.41 Å². The Morgan fingerprint density at radius 2 is 1.81 bits per heavy atom. The molecule has 142 valence electrons. The first-order valence-corrected chi connectivity index (χ1v) is 7.62. The highest BCUT2D eigenvalue weighted by molar-refractivity contribution is 5.89. The van der Waals surface area contributed by atoms with Gasteiger partial charge in [-0.3, -0.25) is 4.79 Å². The Labute approximate surface area is 146 Å². The molecular weight excluding hydrogens is 357 g/mol. The van der Waals surface area contributed by atoms with Crippen LogP contribution < -0.4 is 10.6 Å². The van der Waals surface area contributed by atoms with E-state index in [-0.39, 0.29) is 17.7 Å². The van der Waals surface area contributed by atoms with E-state index in [1.54, 1.807) is 5.32 Å². The summed E-state index contributed by atoms with van der Waals surface area (Å²) in [6.45, 7) is -0.250. The number of hydrogen-bond donors (Lipinski definition) is 3. The number of amides is 2. The van der Waals surface area contributed by atoms with Crippen molar-refractivity contribution in [2.24, 2.45) is 5.41 Å². The summed E-state index contributed by atoms with van der Waals surface area (Å²) in [5.74, 6) is -1.79. The highest BCUT2D eigenvalue weighted by atomic mass is 19.4. The van der Waals surface area contributed by atoms with E-state index < -0.39 is 35.6 Å². The van der Waals surface area contributed by atoms with Gasteiger partial charge in [-0.05, 0) is 30.5 Å². The average molecular weight is 374 g/mol. The summed E-state index contributed by atoms with van der Waals surface area (Å²) < 4.78 is 44.3. The summed E-state index contributed by atoms with van der Waals surface area (Å²) in [6, 6.07) is 0.993. The number of hydrogen-bond acceptors (Lipinski definition) is 4. The Kier molecular flexibility index (Phi) is 5.43. The standard InChI is InChI=1S/C16H17F3N2O5/c1-26-12(22)10-4-2-9(3-5-10)11(16(17,18)19)21-14(25)20-8-15(6-7-15)13(23)24/h2-5,11H,6-8H2,1H3,(H,23,24)(H2,20,21,25). The molecule has 7 nitrogen and oxygen atoms in total. The van der Waals surface area contributed by atoms with E-state index in [0.29, 0.717) is 12.8 Å². The van der Waals surface area contributed by atoms with Gasteiger partial charge < -0.3 is 20.5 Å². The molecule has 0 aliphatic heterocycles. The van der Waals surface area contributed by atoms with Crippen LogP contribution in [0.3, 0.4) is 0 Å². The summed E-state index contributed by atoms with van der Waals surface area (Å²) in [5, 5.41) is 13.0. The number of carboxylic acid groups (broad SMARTS) is 1. The number of alkyl halides is 3. The zero-order valence-corrected chi connectivity index (χ0v) is 13.7. The fourth-order valence-electron chi connectivity index (χ4n) is 2.33. The minimum Gasteiger partial charge on any atom is -0.481 e. The number of ether oxygens (including phenoxy) is 1. The quantitative estimate of drug-likeness (QED) is 0.663. The largest absolute Gasteiger partial charge is 0.481 e. The second kappa shape index (κ2) is 7.22. The lowest BCUT2D eigenvalue weighted by Gasteiger charge is -2.23. The third kappa shape index (κ3) is 4.44.